The number of β-amino-alcohol motifs (C(OH)–C–C–N with tert-alkyl or cyclic N) is 2. The highest BCUT2D eigenvalue weighted by Crippen LogP contribution is 2.15. The van der Waals surface area contributed by atoms with Gasteiger partial charge in [-0.25, -0.2) is 9.55 Å². The second kappa shape index (κ2) is 5.01. The zero-order valence-corrected chi connectivity index (χ0v) is 10.1. The van der Waals surface area contributed by atoms with E-state index in [0.717, 1.165) is 0 Å². The molecule has 1 aromatic heterocycles. The molecular weight excluding hydrogens is 240 g/mol. The maximum absolute atomic E-state index is 10.8. The number of nitrogens with zero attached hydrogens (tertiary/aromatic N) is 4. The van der Waals surface area contributed by atoms with Gasteiger partial charge in [0.2, 0.25) is 0 Å². The van der Waals surface area contributed by atoms with Crippen LogP contribution in [-0.4, -0.2) is 61.4 Å². The van der Waals surface area contributed by atoms with Gasteiger partial charge in [0.05, 0.1) is 12.2 Å². The van der Waals surface area contributed by atoms with Crippen LogP contribution in [-0.2, 0) is 6.54 Å². The highest BCUT2D eigenvalue weighted by molar-refractivity contribution is 5.18. The zero-order valence-electron chi connectivity index (χ0n) is 10.1. The molecule has 2 rings (SSSR count). The predicted octanol–water partition coefficient (Wildman–Crippen LogP) is -0.863. The molecule has 2 heterocycles. The third-order valence-corrected chi connectivity index (χ3v) is 3.20. The van der Waals surface area contributed by atoms with E-state index in [9.17, 15) is 20.3 Å². The number of aryl methyl sites for hydroxylation is 1. The molecule has 1 aromatic rings. The van der Waals surface area contributed by atoms with Crippen LogP contribution in [0, 0.1) is 17.0 Å². The number of aliphatic hydroxyl groups is 2. The van der Waals surface area contributed by atoms with Crippen molar-refractivity contribution in [2.75, 3.05) is 19.6 Å². The highest BCUT2D eigenvalue weighted by Gasteiger charge is 2.30. The Labute approximate surface area is 104 Å². The predicted molar refractivity (Wildman–Crippen MR) is 62.1 cm³/mol. The molecule has 1 saturated heterocycles. The summed E-state index contributed by atoms with van der Waals surface area (Å²) >= 11 is 0. The molecule has 0 bridgehead atoms. The third-order valence-electron chi connectivity index (χ3n) is 3.20. The number of rotatable bonds is 4. The molecule has 0 aliphatic carbocycles. The fourth-order valence-corrected chi connectivity index (χ4v) is 2.15. The molecule has 0 radical (unpaired) electrons. The largest absolute Gasteiger partial charge is 0.389 e. The number of likely N-dealkylation sites (tertiary alicyclic amines) is 1. The summed E-state index contributed by atoms with van der Waals surface area (Å²) in [6.45, 7) is 3.44. The third kappa shape index (κ3) is 2.50. The fourth-order valence-electron chi connectivity index (χ4n) is 2.15. The van der Waals surface area contributed by atoms with Crippen LogP contribution in [0.2, 0.25) is 0 Å². The topological polar surface area (TPSA) is 105 Å². The molecule has 2 unspecified atom stereocenters. The Balaban J connectivity index is 1.98. The van der Waals surface area contributed by atoms with Crippen LogP contribution in [0.15, 0.2) is 6.20 Å². The standard InChI is InChI=1S/C10H16N4O4/c1-7-11-4-10(14(17)18)13(7)3-2-12-5-8(15)9(16)6-12/h4,8-9,15-16H,2-3,5-6H2,1H3. The molecule has 100 valence electrons. The second-order valence-electron chi connectivity index (χ2n) is 4.47. The van der Waals surface area contributed by atoms with Crippen LogP contribution in [0.1, 0.15) is 5.82 Å². The first-order valence-electron chi connectivity index (χ1n) is 5.74. The summed E-state index contributed by atoms with van der Waals surface area (Å²) in [6, 6.07) is 0. The minimum absolute atomic E-state index is 0.0345. The van der Waals surface area contributed by atoms with E-state index in [0.29, 0.717) is 32.0 Å². The molecule has 0 saturated carbocycles. The van der Waals surface area contributed by atoms with Gasteiger partial charge in [0.25, 0.3) is 0 Å². The first kappa shape index (κ1) is 12.9. The maximum atomic E-state index is 10.8. The van der Waals surface area contributed by atoms with Gasteiger partial charge in [-0.1, -0.05) is 0 Å². The van der Waals surface area contributed by atoms with E-state index in [4.69, 9.17) is 0 Å². The van der Waals surface area contributed by atoms with Gasteiger partial charge in [-0.2, -0.15) is 0 Å². The van der Waals surface area contributed by atoms with Gasteiger partial charge in [0, 0.05) is 26.6 Å². The Morgan fingerprint density at radius 3 is 2.61 bits per heavy atom. The van der Waals surface area contributed by atoms with E-state index in [1.54, 1.807) is 6.92 Å². The number of hydrogen-bond acceptors (Lipinski definition) is 6. The molecule has 18 heavy (non-hydrogen) atoms. The van der Waals surface area contributed by atoms with Gasteiger partial charge in [0.1, 0.15) is 12.7 Å². The summed E-state index contributed by atoms with van der Waals surface area (Å²) < 4.78 is 1.52. The molecule has 0 aromatic carbocycles. The maximum Gasteiger partial charge on any atom is 0.342 e. The van der Waals surface area contributed by atoms with E-state index in [1.807, 2.05) is 4.90 Å². The van der Waals surface area contributed by atoms with Gasteiger partial charge in [-0.05, 0) is 4.92 Å². The van der Waals surface area contributed by atoms with Crippen molar-refractivity contribution >= 4 is 5.82 Å². The van der Waals surface area contributed by atoms with Crippen LogP contribution >= 0.6 is 0 Å². The summed E-state index contributed by atoms with van der Waals surface area (Å²) in [7, 11) is 0. The summed E-state index contributed by atoms with van der Waals surface area (Å²) in [5, 5.41) is 29.6. The summed E-state index contributed by atoms with van der Waals surface area (Å²) in [5.41, 5.74) is 0. The first-order chi connectivity index (χ1) is 8.49. The van der Waals surface area contributed by atoms with Crippen molar-refractivity contribution in [3.63, 3.8) is 0 Å². The van der Waals surface area contributed by atoms with Crippen molar-refractivity contribution in [3.05, 3.63) is 22.1 Å². The summed E-state index contributed by atoms with van der Waals surface area (Å²) in [4.78, 5) is 16.1. The Morgan fingerprint density at radius 1 is 1.44 bits per heavy atom. The quantitative estimate of drug-likeness (QED) is 0.536. The number of aromatic nitrogens is 2. The molecule has 1 aliphatic rings. The normalized spacial score (nSPS) is 24.6. The van der Waals surface area contributed by atoms with Crippen molar-refractivity contribution < 1.29 is 15.1 Å². The second-order valence-corrected chi connectivity index (χ2v) is 4.47. The van der Waals surface area contributed by atoms with Crippen LogP contribution in [0.3, 0.4) is 0 Å². The van der Waals surface area contributed by atoms with E-state index in [1.165, 1.54) is 10.8 Å². The lowest BCUT2D eigenvalue weighted by molar-refractivity contribution is -0.392. The van der Waals surface area contributed by atoms with E-state index in [2.05, 4.69) is 4.98 Å². The van der Waals surface area contributed by atoms with E-state index < -0.39 is 17.1 Å². The van der Waals surface area contributed by atoms with Crippen molar-refractivity contribution in [1.82, 2.24) is 14.5 Å². The minimum atomic E-state index is -0.733. The van der Waals surface area contributed by atoms with Gasteiger partial charge >= 0.3 is 5.82 Å². The van der Waals surface area contributed by atoms with Gasteiger partial charge in [-0.3, -0.25) is 4.90 Å². The molecule has 2 N–H and O–H groups in total. The molecule has 8 nitrogen and oxygen atoms in total. The SMILES string of the molecule is Cc1ncc([N+](=O)[O-])n1CCN1CC(O)C(O)C1. The average Bonchev–Trinajstić information content (AvgIpc) is 2.81. The zero-order chi connectivity index (χ0) is 13.3. The Bertz CT molecular complexity index is 437. The van der Waals surface area contributed by atoms with Gasteiger partial charge < -0.3 is 20.3 Å². The van der Waals surface area contributed by atoms with Crippen LogP contribution in [0.25, 0.3) is 0 Å². The van der Waals surface area contributed by atoms with Crippen molar-refractivity contribution in [3.8, 4) is 0 Å². The van der Waals surface area contributed by atoms with Crippen molar-refractivity contribution in [2.45, 2.75) is 25.7 Å². The molecule has 2 atom stereocenters. The first-order valence-corrected chi connectivity index (χ1v) is 5.74. The molecule has 1 fully saturated rings. The van der Waals surface area contributed by atoms with Gasteiger partial charge in [-0.15, -0.1) is 0 Å². The number of imidazole rings is 1. The number of nitro groups is 1. The van der Waals surface area contributed by atoms with Crippen molar-refractivity contribution in [1.29, 1.82) is 0 Å². The fraction of sp³-hybridized carbons (Fsp3) is 0.700. The van der Waals surface area contributed by atoms with E-state index in [-0.39, 0.29) is 5.82 Å². The lowest BCUT2D eigenvalue weighted by Gasteiger charge is -2.13. The smallest absolute Gasteiger partial charge is 0.342 e. The molecule has 0 spiro atoms. The van der Waals surface area contributed by atoms with Crippen LogP contribution in [0.5, 0.6) is 0 Å². The highest BCUT2D eigenvalue weighted by atomic mass is 16.6. The average molecular weight is 256 g/mol. The van der Waals surface area contributed by atoms with Crippen molar-refractivity contribution in [2.24, 2.45) is 0 Å². The number of aliphatic hydroxyl groups excluding tert-OH is 2. The lowest BCUT2D eigenvalue weighted by atomic mass is 10.3. The lowest BCUT2D eigenvalue weighted by Crippen LogP contribution is -2.27. The summed E-state index contributed by atoms with van der Waals surface area (Å²) in [5.74, 6) is 0.551. The molecule has 1 aliphatic heterocycles. The minimum Gasteiger partial charge on any atom is -0.389 e. The molecular formula is C10H16N4O4. The monoisotopic (exact) mass is 256 g/mol. The van der Waals surface area contributed by atoms with Crippen LogP contribution < -0.4 is 0 Å². The van der Waals surface area contributed by atoms with E-state index >= 15 is 0 Å². The molecule has 8 heteroatoms. The number of hydrogen-bond donors (Lipinski definition) is 2. The Morgan fingerprint density at radius 2 is 2.06 bits per heavy atom. The van der Waals surface area contributed by atoms with Gasteiger partial charge in [0.15, 0.2) is 5.82 Å². The molecule has 0 amide bonds. The van der Waals surface area contributed by atoms with Crippen LogP contribution in [0.4, 0.5) is 5.82 Å². The Hall–Kier alpha value is -1.51. The Kier molecular flexibility index (Phi) is 3.60. The summed E-state index contributed by atoms with van der Waals surface area (Å²) in [6.07, 6.45) is -0.226.